The van der Waals surface area contributed by atoms with Crippen molar-refractivity contribution in [3.8, 4) is 0 Å². The van der Waals surface area contributed by atoms with Gasteiger partial charge in [-0.3, -0.25) is 4.79 Å². The lowest BCUT2D eigenvalue weighted by molar-refractivity contribution is 0.0946. The van der Waals surface area contributed by atoms with Crippen molar-refractivity contribution < 1.29 is 22.0 Å². The summed E-state index contributed by atoms with van der Waals surface area (Å²) in [4.78, 5) is 17.0. The smallest absolute Gasteiger partial charge is 0.271 e. The molecule has 0 saturated carbocycles. The van der Waals surface area contributed by atoms with Crippen LogP contribution < -0.4 is 5.32 Å². The number of amides is 1. The van der Waals surface area contributed by atoms with E-state index in [1.54, 1.807) is 17.5 Å². The minimum absolute atomic E-state index is 0.0362. The van der Waals surface area contributed by atoms with E-state index < -0.39 is 27.6 Å². The third-order valence-corrected chi connectivity index (χ3v) is 9.10. The molecule has 6 nitrogen and oxygen atoms in total. The highest BCUT2D eigenvalue weighted by Crippen LogP contribution is 2.33. The normalized spacial score (nSPS) is 15.4. The van der Waals surface area contributed by atoms with Crippen LogP contribution in [-0.2, 0) is 16.6 Å². The van der Waals surface area contributed by atoms with Crippen LogP contribution in [0.3, 0.4) is 0 Å². The van der Waals surface area contributed by atoms with Gasteiger partial charge in [0.1, 0.15) is 17.3 Å². The first-order chi connectivity index (χ1) is 16.1. The van der Waals surface area contributed by atoms with Crippen LogP contribution in [0.15, 0.2) is 46.7 Å². The topological polar surface area (TPSA) is 79.4 Å². The average Bonchev–Trinajstić information content (AvgIpc) is 3.30. The van der Waals surface area contributed by atoms with Crippen molar-refractivity contribution >= 4 is 38.9 Å². The fraction of sp³-hybridized carbons (Fsp3) is 0.304. The zero-order valence-corrected chi connectivity index (χ0v) is 20.6. The van der Waals surface area contributed by atoms with Gasteiger partial charge in [0.05, 0.1) is 9.90 Å². The Bertz CT molecular complexity index is 1320. The van der Waals surface area contributed by atoms with Crippen LogP contribution in [-0.4, -0.2) is 36.7 Å². The van der Waals surface area contributed by atoms with Gasteiger partial charge in [0.2, 0.25) is 10.0 Å². The van der Waals surface area contributed by atoms with Crippen molar-refractivity contribution in [3.63, 3.8) is 0 Å². The molecule has 0 radical (unpaired) electrons. The number of aryl methyl sites for hydroxylation is 1. The summed E-state index contributed by atoms with van der Waals surface area (Å²) in [7, 11) is -3.64. The summed E-state index contributed by atoms with van der Waals surface area (Å²) in [6.45, 7) is 2.40. The summed E-state index contributed by atoms with van der Waals surface area (Å²) in [5.41, 5.74) is 1.20. The maximum absolute atomic E-state index is 13.8. The van der Waals surface area contributed by atoms with Crippen LogP contribution in [0.1, 0.15) is 45.4 Å². The molecule has 180 valence electrons. The van der Waals surface area contributed by atoms with Crippen LogP contribution in [0.4, 0.5) is 8.78 Å². The summed E-state index contributed by atoms with van der Waals surface area (Å²) in [6.07, 6.45) is 1.16. The highest BCUT2D eigenvalue weighted by Gasteiger charge is 2.31. The van der Waals surface area contributed by atoms with Gasteiger partial charge in [-0.05, 0) is 43.5 Å². The monoisotopic (exact) mass is 525 g/mol. The van der Waals surface area contributed by atoms with Gasteiger partial charge in [0.15, 0.2) is 0 Å². The second kappa shape index (κ2) is 10.1. The van der Waals surface area contributed by atoms with E-state index in [4.69, 9.17) is 11.6 Å². The number of carbonyl (C=O) groups excluding carboxylic acids is 1. The first-order valence-electron chi connectivity index (χ1n) is 10.6. The van der Waals surface area contributed by atoms with E-state index >= 15 is 0 Å². The molecule has 0 unspecified atom stereocenters. The number of rotatable bonds is 6. The summed E-state index contributed by atoms with van der Waals surface area (Å²) in [5, 5.41) is 5.38. The zero-order chi connectivity index (χ0) is 24.5. The standard InChI is InChI=1S/C23H22ClF2N3O3S2/c1-14-2-5-18(11-19(14)24)34(31,32)29-8-6-15(7-9-29)23-28-21(13-33-23)22(30)27-12-16-3-4-17(25)10-20(16)26/h2-5,10-11,13,15H,6-9,12H2,1H3,(H,27,30). The lowest BCUT2D eigenvalue weighted by atomic mass is 9.99. The molecule has 1 aliphatic rings. The van der Waals surface area contributed by atoms with E-state index in [1.807, 2.05) is 6.92 Å². The van der Waals surface area contributed by atoms with E-state index in [9.17, 15) is 22.0 Å². The lowest BCUT2D eigenvalue weighted by Crippen LogP contribution is -2.37. The van der Waals surface area contributed by atoms with Gasteiger partial charge in [0, 0.05) is 47.6 Å². The fourth-order valence-corrected chi connectivity index (χ4v) is 6.45. The van der Waals surface area contributed by atoms with Crippen LogP contribution in [0.2, 0.25) is 5.02 Å². The predicted octanol–water partition coefficient (Wildman–Crippen LogP) is 4.88. The number of halogens is 3. The Labute approximate surface area is 205 Å². The van der Waals surface area contributed by atoms with Gasteiger partial charge < -0.3 is 5.32 Å². The second-order valence-corrected chi connectivity index (χ2v) is 11.3. The fourth-order valence-electron chi connectivity index (χ4n) is 3.74. The first-order valence-corrected chi connectivity index (χ1v) is 13.3. The maximum Gasteiger partial charge on any atom is 0.271 e. The third-order valence-electron chi connectivity index (χ3n) is 5.79. The molecule has 1 aromatic heterocycles. The molecule has 0 atom stereocenters. The molecule has 1 saturated heterocycles. The van der Waals surface area contributed by atoms with Gasteiger partial charge in [-0.2, -0.15) is 4.31 Å². The molecule has 11 heteroatoms. The van der Waals surface area contributed by atoms with Gasteiger partial charge >= 0.3 is 0 Å². The largest absolute Gasteiger partial charge is 0.346 e. The molecule has 1 aliphatic heterocycles. The van der Waals surface area contributed by atoms with Crippen LogP contribution >= 0.6 is 22.9 Å². The molecular weight excluding hydrogens is 504 g/mol. The number of hydrogen-bond donors (Lipinski definition) is 1. The SMILES string of the molecule is Cc1ccc(S(=O)(=O)N2CCC(c3nc(C(=O)NCc4ccc(F)cc4F)cs3)CC2)cc1Cl. The number of sulfonamides is 1. The van der Waals surface area contributed by atoms with E-state index in [0.717, 1.165) is 22.7 Å². The molecule has 1 fully saturated rings. The number of thiazole rings is 1. The molecule has 2 aromatic carbocycles. The number of carbonyl (C=O) groups is 1. The molecule has 1 N–H and O–H groups in total. The van der Waals surface area contributed by atoms with Crippen molar-refractivity contribution in [3.05, 3.63) is 80.3 Å². The molecule has 0 spiro atoms. The number of benzene rings is 2. The van der Waals surface area contributed by atoms with Crippen molar-refractivity contribution in [2.75, 3.05) is 13.1 Å². The minimum Gasteiger partial charge on any atom is -0.346 e. The highest BCUT2D eigenvalue weighted by molar-refractivity contribution is 7.89. The van der Waals surface area contributed by atoms with Crippen molar-refractivity contribution in [2.24, 2.45) is 0 Å². The average molecular weight is 526 g/mol. The molecule has 1 amide bonds. The molecule has 0 aliphatic carbocycles. The molecule has 3 aromatic rings. The maximum atomic E-state index is 13.8. The van der Waals surface area contributed by atoms with Crippen LogP contribution in [0, 0.1) is 18.6 Å². The molecule has 4 rings (SSSR count). The zero-order valence-electron chi connectivity index (χ0n) is 18.2. The van der Waals surface area contributed by atoms with Gasteiger partial charge in [-0.15, -0.1) is 11.3 Å². The van der Waals surface area contributed by atoms with Crippen molar-refractivity contribution in [1.29, 1.82) is 0 Å². The Morgan fingerprint density at radius 2 is 1.94 bits per heavy atom. The van der Waals surface area contributed by atoms with Gasteiger partial charge in [-0.1, -0.05) is 23.7 Å². The summed E-state index contributed by atoms with van der Waals surface area (Å²) < 4.78 is 54.2. The van der Waals surface area contributed by atoms with E-state index in [-0.39, 0.29) is 28.6 Å². The Morgan fingerprint density at radius 3 is 2.62 bits per heavy atom. The minimum atomic E-state index is -3.64. The van der Waals surface area contributed by atoms with Gasteiger partial charge in [-0.25, -0.2) is 22.2 Å². The Balaban J connectivity index is 1.35. The third kappa shape index (κ3) is 5.30. The predicted molar refractivity (Wildman–Crippen MR) is 127 cm³/mol. The lowest BCUT2D eigenvalue weighted by Gasteiger charge is -2.30. The van der Waals surface area contributed by atoms with E-state index in [1.165, 1.54) is 27.8 Å². The Morgan fingerprint density at radius 1 is 1.21 bits per heavy atom. The van der Waals surface area contributed by atoms with Crippen LogP contribution in [0.25, 0.3) is 0 Å². The number of aromatic nitrogens is 1. The summed E-state index contributed by atoms with van der Waals surface area (Å²) in [6, 6.07) is 7.90. The molecule has 2 heterocycles. The Hall–Kier alpha value is -2.40. The first kappa shape index (κ1) is 24.7. The number of hydrogen-bond acceptors (Lipinski definition) is 5. The quantitative estimate of drug-likeness (QED) is 0.497. The summed E-state index contributed by atoms with van der Waals surface area (Å²) >= 11 is 7.44. The van der Waals surface area contributed by atoms with E-state index in [0.29, 0.717) is 31.0 Å². The molecule has 34 heavy (non-hydrogen) atoms. The number of piperidine rings is 1. The second-order valence-electron chi connectivity index (χ2n) is 8.08. The van der Waals surface area contributed by atoms with Crippen molar-refractivity contribution in [2.45, 2.75) is 37.1 Å². The van der Waals surface area contributed by atoms with Gasteiger partial charge in [0.25, 0.3) is 5.91 Å². The van der Waals surface area contributed by atoms with Crippen LogP contribution in [0.5, 0.6) is 0 Å². The summed E-state index contributed by atoms with van der Waals surface area (Å²) in [5.74, 6) is -1.83. The highest BCUT2D eigenvalue weighted by atomic mass is 35.5. The number of nitrogens with one attached hydrogen (secondary N) is 1. The Kier molecular flexibility index (Phi) is 7.32. The molecule has 0 bridgehead atoms. The number of nitrogens with zero attached hydrogens (tertiary/aromatic N) is 2. The molecular formula is C23H22ClF2N3O3S2. The van der Waals surface area contributed by atoms with E-state index in [2.05, 4.69) is 10.3 Å². The van der Waals surface area contributed by atoms with Crippen molar-refractivity contribution in [1.82, 2.24) is 14.6 Å².